The van der Waals surface area contributed by atoms with E-state index in [9.17, 15) is 0 Å². The van der Waals surface area contributed by atoms with E-state index in [0.717, 1.165) is 70.7 Å². The summed E-state index contributed by atoms with van der Waals surface area (Å²) < 4.78 is 5.55. The Hall–Kier alpha value is -1.09. The number of pyridine rings is 1. The first-order valence-corrected chi connectivity index (χ1v) is 10.0. The van der Waals surface area contributed by atoms with Gasteiger partial charge in [0, 0.05) is 58.7 Å². The van der Waals surface area contributed by atoms with Gasteiger partial charge in [0.1, 0.15) is 5.82 Å². The molecule has 2 fully saturated rings. The van der Waals surface area contributed by atoms with E-state index >= 15 is 0 Å². The molecule has 152 valence electrons. The minimum absolute atomic E-state index is 0. The number of nitrogens with zero attached hydrogens (tertiary/aromatic N) is 4. The molecule has 0 unspecified atom stereocenters. The second kappa shape index (κ2) is 11.0. The second-order valence-corrected chi connectivity index (χ2v) is 7.28. The van der Waals surface area contributed by atoms with Gasteiger partial charge >= 0.3 is 0 Å². The number of nitrogens with one attached hydrogen (secondary N) is 1. The summed E-state index contributed by atoms with van der Waals surface area (Å²) in [5.74, 6) is 2.14. The summed E-state index contributed by atoms with van der Waals surface area (Å²) in [5, 5.41) is 3.49. The van der Waals surface area contributed by atoms with E-state index < -0.39 is 0 Å². The Balaban J connectivity index is 0.00000261. The van der Waals surface area contributed by atoms with Crippen molar-refractivity contribution >= 4 is 35.8 Å². The first-order chi connectivity index (χ1) is 12.8. The molecular weight excluding hydrogens is 453 g/mol. The highest BCUT2D eigenvalue weighted by molar-refractivity contribution is 14.0. The quantitative estimate of drug-likeness (QED) is 0.265. The Morgan fingerprint density at radius 3 is 2.59 bits per heavy atom. The number of aromatic nitrogens is 1. The zero-order valence-corrected chi connectivity index (χ0v) is 19.0. The maximum atomic E-state index is 5.55. The number of piperazine rings is 1. The highest BCUT2D eigenvalue weighted by Crippen LogP contribution is 2.49. The Bertz CT molecular complexity index is 571. The summed E-state index contributed by atoms with van der Waals surface area (Å²) in [6.07, 6.45) is 5.58. The lowest BCUT2D eigenvalue weighted by molar-refractivity contribution is 0.129. The van der Waals surface area contributed by atoms with E-state index in [-0.39, 0.29) is 24.0 Å². The van der Waals surface area contributed by atoms with Gasteiger partial charge in [-0.15, -0.1) is 24.0 Å². The maximum absolute atomic E-state index is 5.55. The molecule has 3 rings (SSSR count). The topological polar surface area (TPSA) is 53.0 Å². The van der Waals surface area contributed by atoms with Crippen LogP contribution in [-0.2, 0) is 4.74 Å². The van der Waals surface area contributed by atoms with Crippen LogP contribution in [0.2, 0.25) is 0 Å². The van der Waals surface area contributed by atoms with Gasteiger partial charge in [-0.3, -0.25) is 4.99 Å². The molecule has 27 heavy (non-hydrogen) atoms. The Kier molecular flexibility index (Phi) is 9.08. The van der Waals surface area contributed by atoms with Gasteiger partial charge in [-0.1, -0.05) is 6.07 Å². The smallest absolute Gasteiger partial charge is 0.194 e. The van der Waals surface area contributed by atoms with E-state index in [1.807, 2.05) is 12.3 Å². The molecule has 0 amide bonds. The van der Waals surface area contributed by atoms with Crippen LogP contribution in [0.3, 0.4) is 0 Å². The van der Waals surface area contributed by atoms with Gasteiger partial charge in [0.15, 0.2) is 5.96 Å². The van der Waals surface area contributed by atoms with E-state index in [4.69, 9.17) is 9.73 Å². The molecular formula is C20H34IN5O. The third kappa shape index (κ3) is 6.48. The first kappa shape index (κ1) is 22.2. The van der Waals surface area contributed by atoms with E-state index in [1.165, 1.54) is 12.8 Å². The highest BCUT2D eigenvalue weighted by atomic mass is 127. The lowest BCUT2D eigenvalue weighted by atomic mass is 10.0. The van der Waals surface area contributed by atoms with Gasteiger partial charge < -0.3 is 19.9 Å². The molecule has 1 saturated heterocycles. The van der Waals surface area contributed by atoms with Crippen LogP contribution < -0.4 is 10.2 Å². The maximum Gasteiger partial charge on any atom is 0.194 e. The van der Waals surface area contributed by atoms with Crippen LogP contribution in [0, 0.1) is 5.41 Å². The van der Waals surface area contributed by atoms with Crippen molar-refractivity contribution in [2.24, 2.45) is 10.4 Å². The molecule has 0 radical (unpaired) electrons. The molecule has 1 saturated carbocycles. The molecule has 1 aliphatic carbocycles. The van der Waals surface area contributed by atoms with Crippen molar-refractivity contribution in [3.05, 3.63) is 24.4 Å². The standard InChI is InChI=1S/C20H33N5O.HI/c1-3-21-19(23-17-20(8-9-20)10-16-26-4-2)25-14-12-24(13-15-25)18-7-5-6-11-22-18;/h5-7,11H,3-4,8-10,12-17H2,1-2H3,(H,21,23);1H. The Morgan fingerprint density at radius 1 is 1.22 bits per heavy atom. The van der Waals surface area contributed by atoms with Crippen LogP contribution >= 0.6 is 24.0 Å². The summed E-state index contributed by atoms with van der Waals surface area (Å²) in [7, 11) is 0. The van der Waals surface area contributed by atoms with Gasteiger partial charge in [0.2, 0.25) is 0 Å². The number of halogens is 1. The largest absolute Gasteiger partial charge is 0.382 e. The molecule has 6 nitrogen and oxygen atoms in total. The second-order valence-electron chi connectivity index (χ2n) is 7.28. The SMILES string of the molecule is CCNC(=NCC1(CCOCC)CC1)N1CCN(c2ccccn2)CC1.I. The normalized spacial score (nSPS) is 18.8. The minimum atomic E-state index is 0. The molecule has 7 heteroatoms. The number of hydrogen-bond acceptors (Lipinski definition) is 4. The van der Waals surface area contributed by atoms with E-state index in [1.54, 1.807) is 0 Å². The first-order valence-electron chi connectivity index (χ1n) is 10.0. The van der Waals surface area contributed by atoms with Gasteiger partial charge in [0.05, 0.1) is 0 Å². The molecule has 0 atom stereocenters. The minimum Gasteiger partial charge on any atom is -0.382 e. The predicted octanol–water partition coefficient (Wildman–Crippen LogP) is 2.99. The van der Waals surface area contributed by atoms with Crippen molar-refractivity contribution in [2.75, 3.05) is 57.4 Å². The summed E-state index contributed by atoms with van der Waals surface area (Å²) >= 11 is 0. The summed E-state index contributed by atoms with van der Waals surface area (Å²) in [6.45, 7) is 11.6. The fraction of sp³-hybridized carbons (Fsp3) is 0.700. The monoisotopic (exact) mass is 487 g/mol. The van der Waals surface area contributed by atoms with Crippen LogP contribution in [0.5, 0.6) is 0 Å². The Morgan fingerprint density at radius 2 is 2.00 bits per heavy atom. The lowest BCUT2D eigenvalue weighted by Crippen LogP contribution is -2.52. The molecule has 2 heterocycles. The number of guanidine groups is 1. The lowest BCUT2D eigenvalue weighted by Gasteiger charge is -2.37. The predicted molar refractivity (Wildman–Crippen MR) is 122 cm³/mol. The molecule has 0 aromatic carbocycles. The molecule has 1 aliphatic heterocycles. The van der Waals surface area contributed by atoms with Gasteiger partial charge in [-0.2, -0.15) is 0 Å². The van der Waals surface area contributed by atoms with E-state index in [0.29, 0.717) is 5.41 Å². The molecule has 2 aliphatic rings. The third-order valence-corrected chi connectivity index (χ3v) is 5.39. The van der Waals surface area contributed by atoms with Gasteiger partial charge in [0.25, 0.3) is 0 Å². The average Bonchev–Trinajstić information content (AvgIpc) is 3.46. The van der Waals surface area contributed by atoms with Crippen LogP contribution in [0.15, 0.2) is 29.4 Å². The highest BCUT2D eigenvalue weighted by Gasteiger charge is 2.42. The van der Waals surface area contributed by atoms with Crippen molar-refractivity contribution in [1.29, 1.82) is 0 Å². The van der Waals surface area contributed by atoms with Crippen molar-refractivity contribution in [2.45, 2.75) is 33.1 Å². The number of rotatable bonds is 8. The molecule has 0 bridgehead atoms. The van der Waals surface area contributed by atoms with Gasteiger partial charge in [-0.05, 0) is 50.7 Å². The number of hydrogen-bond donors (Lipinski definition) is 1. The fourth-order valence-corrected chi connectivity index (χ4v) is 3.45. The van der Waals surface area contributed by atoms with Crippen molar-refractivity contribution in [1.82, 2.24) is 15.2 Å². The van der Waals surface area contributed by atoms with Crippen molar-refractivity contribution < 1.29 is 4.74 Å². The average molecular weight is 487 g/mol. The van der Waals surface area contributed by atoms with Crippen LogP contribution in [0.1, 0.15) is 33.1 Å². The van der Waals surface area contributed by atoms with Crippen LogP contribution in [-0.4, -0.2) is 68.3 Å². The summed E-state index contributed by atoms with van der Waals surface area (Å²) in [4.78, 5) is 14.2. The fourth-order valence-electron chi connectivity index (χ4n) is 3.45. The van der Waals surface area contributed by atoms with Crippen LogP contribution in [0.25, 0.3) is 0 Å². The zero-order chi connectivity index (χ0) is 18.2. The van der Waals surface area contributed by atoms with Crippen molar-refractivity contribution in [3.63, 3.8) is 0 Å². The third-order valence-electron chi connectivity index (χ3n) is 5.39. The summed E-state index contributed by atoms with van der Waals surface area (Å²) in [5.41, 5.74) is 0.394. The molecule has 1 aromatic rings. The number of aliphatic imine (C=N–C) groups is 1. The van der Waals surface area contributed by atoms with E-state index in [2.05, 4.69) is 46.1 Å². The Labute approximate surface area is 180 Å². The van der Waals surface area contributed by atoms with Crippen LogP contribution in [0.4, 0.5) is 5.82 Å². The number of anilines is 1. The van der Waals surface area contributed by atoms with Gasteiger partial charge in [-0.25, -0.2) is 4.98 Å². The zero-order valence-electron chi connectivity index (χ0n) is 16.7. The molecule has 1 aromatic heterocycles. The number of ether oxygens (including phenoxy) is 1. The molecule has 1 N–H and O–H groups in total. The summed E-state index contributed by atoms with van der Waals surface area (Å²) in [6, 6.07) is 6.11. The molecule has 0 spiro atoms. The van der Waals surface area contributed by atoms with Crippen molar-refractivity contribution in [3.8, 4) is 0 Å².